The number of nitrogens with two attached hydrogens (primary N) is 1. The van der Waals surface area contributed by atoms with E-state index in [0.29, 0.717) is 10.8 Å². The van der Waals surface area contributed by atoms with E-state index in [2.05, 4.69) is 12.3 Å². The van der Waals surface area contributed by atoms with Gasteiger partial charge in [0, 0.05) is 6.04 Å². The molecule has 1 atom stereocenters. The van der Waals surface area contributed by atoms with E-state index in [1.165, 1.54) is 0 Å². The highest BCUT2D eigenvalue weighted by atomic mass is 35.5. The van der Waals surface area contributed by atoms with E-state index in [1.807, 2.05) is 18.2 Å². The smallest absolute Gasteiger partial charge is 0.137 e. The fourth-order valence-corrected chi connectivity index (χ4v) is 1.54. The minimum absolute atomic E-state index is 0.140. The van der Waals surface area contributed by atoms with E-state index in [4.69, 9.17) is 22.2 Å². The molecule has 1 unspecified atom stereocenters. The summed E-state index contributed by atoms with van der Waals surface area (Å²) in [6.45, 7) is 2.06. The Morgan fingerprint density at radius 3 is 2.79 bits per heavy atom. The van der Waals surface area contributed by atoms with Crippen molar-refractivity contribution in [2.75, 3.05) is 7.11 Å². The molecule has 1 aromatic carbocycles. The van der Waals surface area contributed by atoms with Crippen molar-refractivity contribution < 1.29 is 4.74 Å². The summed E-state index contributed by atoms with van der Waals surface area (Å²) in [6, 6.07) is 5.80. The number of rotatable bonds is 4. The van der Waals surface area contributed by atoms with E-state index >= 15 is 0 Å². The number of nitrogens with one attached hydrogen (secondary N) is 1. The van der Waals surface area contributed by atoms with Crippen LogP contribution in [0, 0.1) is 0 Å². The molecule has 0 amide bonds. The zero-order valence-electron chi connectivity index (χ0n) is 8.38. The van der Waals surface area contributed by atoms with Crippen LogP contribution in [0.3, 0.4) is 0 Å². The molecular weight excluding hydrogens is 200 g/mol. The van der Waals surface area contributed by atoms with E-state index < -0.39 is 0 Å². The molecule has 0 aliphatic rings. The molecule has 0 aliphatic heterocycles. The summed E-state index contributed by atoms with van der Waals surface area (Å²) in [5.41, 5.74) is 3.82. The molecule has 0 saturated heterocycles. The summed E-state index contributed by atoms with van der Waals surface area (Å²) < 4.78 is 5.12. The Kier molecular flexibility index (Phi) is 4.20. The number of ether oxygens (including phenoxy) is 1. The van der Waals surface area contributed by atoms with Gasteiger partial charge in [0.2, 0.25) is 0 Å². The first-order chi connectivity index (χ1) is 6.72. The van der Waals surface area contributed by atoms with Gasteiger partial charge in [-0.25, -0.2) is 0 Å². The van der Waals surface area contributed by atoms with Crippen LogP contribution in [-0.4, -0.2) is 7.11 Å². The second-order valence-corrected chi connectivity index (χ2v) is 3.43. The van der Waals surface area contributed by atoms with E-state index in [1.54, 1.807) is 7.11 Å². The minimum atomic E-state index is 0.140. The molecule has 78 valence electrons. The first kappa shape index (κ1) is 11.3. The van der Waals surface area contributed by atoms with Crippen molar-refractivity contribution >= 4 is 11.6 Å². The lowest BCUT2D eigenvalue weighted by molar-refractivity contribution is 0.413. The highest BCUT2D eigenvalue weighted by Gasteiger charge is 2.09. The molecule has 0 fully saturated rings. The van der Waals surface area contributed by atoms with Crippen LogP contribution in [0.25, 0.3) is 0 Å². The normalized spacial score (nSPS) is 12.6. The Balaban J connectivity index is 2.98. The van der Waals surface area contributed by atoms with Gasteiger partial charge in [-0.15, -0.1) is 0 Å². The Labute approximate surface area is 89.2 Å². The molecule has 0 spiro atoms. The zero-order valence-corrected chi connectivity index (χ0v) is 9.14. The zero-order chi connectivity index (χ0) is 10.6. The predicted octanol–water partition coefficient (Wildman–Crippen LogP) is 2.26. The average Bonchev–Trinajstić information content (AvgIpc) is 2.22. The van der Waals surface area contributed by atoms with Crippen molar-refractivity contribution in [1.82, 2.24) is 5.43 Å². The molecule has 1 aromatic rings. The number of hydrogen-bond donors (Lipinski definition) is 2. The van der Waals surface area contributed by atoms with Gasteiger partial charge in [0.15, 0.2) is 0 Å². The van der Waals surface area contributed by atoms with E-state index in [-0.39, 0.29) is 6.04 Å². The van der Waals surface area contributed by atoms with Crippen molar-refractivity contribution in [3.8, 4) is 5.75 Å². The van der Waals surface area contributed by atoms with Crippen molar-refractivity contribution in [3.63, 3.8) is 0 Å². The lowest BCUT2D eigenvalue weighted by Crippen LogP contribution is -2.27. The van der Waals surface area contributed by atoms with Gasteiger partial charge in [-0.1, -0.05) is 24.6 Å². The summed E-state index contributed by atoms with van der Waals surface area (Å²) in [7, 11) is 1.60. The van der Waals surface area contributed by atoms with Gasteiger partial charge in [-0.3, -0.25) is 11.3 Å². The number of hydrazine groups is 1. The standard InChI is InChI=1S/C10H15ClN2O/c1-3-9(13-12)7-4-5-8(11)10(6-7)14-2/h4-6,9,13H,3,12H2,1-2H3. The second-order valence-electron chi connectivity index (χ2n) is 3.02. The Morgan fingerprint density at radius 1 is 1.57 bits per heavy atom. The van der Waals surface area contributed by atoms with Gasteiger partial charge in [-0.05, 0) is 24.1 Å². The molecule has 14 heavy (non-hydrogen) atoms. The van der Waals surface area contributed by atoms with Crippen molar-refractivity contribution in [3.05, 3.63) is 28.8 Å². The Hall–Kier alpha value is -0.770. The average molecular weight is 215 g/mol. The van der Waals surface area contributed by atoms with Gasteiger partial charge in [0.1, 0.15) is 5.75 Å². The molecule has 0 heterocycles. The van der Waals surface area contributed by atoms with E-state index in [9.17, 15) is 0 Å². The summed E-state index contributed by atoms with van der Waals surface area (Å²) >= 11 is 5.91. The number of benzene rings is 1. The van der Waals surface area contributed by atoms with Crippen LogP contribution < -0.4 is 16.0 Å². The molecule has 3 N–H and O–H groups in total. The van der Waals surface area contributed by atoms with Crippen LogP contribution in [0.5, 0.6) is 5.75 Å². The van der Waals surface area contributed by atoms with E-state index in [0.717, 1.165) is 12.0 Å². The summed E-state index contributed by atoms with van der Waals surface area (Å²) in [5.74, 6) is 6.10. The van der Waals surface area contributed by atoms with Gasteiger partial charge >= 0.3 is 0 Å². The van der Waals surface area contributed by atoms with Gasteiger partial charge in [-0.2, -0.15) is 0 Å². The van der Waals surface area contributed by atoms with Crippen LogP contribution in [0.1, 0.15) is 24.9 Å². The second kappa shape index (κ2) is 5.20. The molecule has 3 nitrogen and oxygen atoms in total. The molecule has 0 radical (unpaired) electrons. The maximum absolute atomic E-state index is 5.91. The lowest BCUT2D eigenvalue weighted by Gasteiger charge is -2.15. The SMILES string of the molecule is CCC(NN)c1ccc(Cl)c(OC)c1. The monoisotopic (exact) mass is 214 g/mol. The van der Waals surface area contributed by atoms with Crippen molar-refractivity contribution in [2.45, 2.75) is 19.4 Å². The summed E-state index contributed by atoms with van der Waals surface area (Å²) in [5, 5.41) is 0.614. The topological polar surface area (TPSA) is 47.3 Å². The summed E-state index contributed by atoms with van der Waals surface area (Å²) in [6.07, 6.45) is 0.918. The third-order valence-electron chi connectivity index (χ3n) is 2.19. The van der Waals surface area contributed by atoms with Gasteiger partial charge in [0.05, 0.1) is 12.1 Å². The van der Waals surface area contributed by atoms with Crippen LogP contribution in [0.15, 0.2) is 18.2 Å². The Bertz CT molecular complexity index is 300. The van der Waals surface area contributed by atoms with Crippen molar-refractivity contribution in [2.24, 2.45) is 5.84 Å². The fraction of sp³-hybridized carbons (Fsp3) is 0.400. The maximum atomic E-state index is 5.91. The maximum Gasteiger partial charge on any atom is 0.137 e. The fourth-order valence-electron chi connectivity index (χ4n) is 1.34. The van der Waals surface area contributed by atoms with Crippen LogP contribution in [0.4, 0.5) is 0 Å². The molecule has 0 saturated carbocycles. The van der Waals surface area contributed by atoms with Crippen molar-refractivity contribution in [1.29, 1.82) is 0 Å². The first-order valence-electron chi connectivity index (χ1n) is 4.52. The lowest BCUT2D eigenvalue weighted by atomic mass is 10.1. The highest BCUT2D eigenvalue weighted by molar-refractivity contribution is 6.32. The molecule has 1 rings (SSSR count). The van der Waals surface area contributed by atoms with Crippen LogP contribution in [-0.2, 0) is 0 Å². The molecule has 0 aromatic heterocycles. The minimum Gasteiger partial charge on any atom is -0.495 e. The molecule has 4 heteroatoms. The third-order valence-corrected chi connectivity index (χ3v) is 2.50. The number of methoxy groups -OCH3 is 1. The first-order valence-corrected chi connectivity index (χ1v) is 4.90. The number of halogens is 1. The van der Waals surface area contributed by atoms with Crippen LogP contribution >= 0.6 is 11.6 Å². The Morgan fingerprint density at radius 2 is 2.29 bits per heavy atom. The largest absolute Gasteiger partial charge is 0.495 e. The van der Waals surface area contributed by atoms with Gasteiger partial charge < -0.3 is 4.74 Å². The molecular formula is C10H15ClN2O. The van der Waals surface area contributed by atoms with Gasteiger partial charge in [0.25, 0.3) is 0 Å². The molecule has 0 bridgehead atoms. The quantitative estimate of drug-likeness (QED) is 0.597. The summed E-state index contributed by atoms with van der Waals surface area (Å²) in [4.78, 5) is 0. The predicted molar refractivity (Wildman–Crippen MR) is 58.4 cm³/mol. The molecule has 0 aliphatic carbocycles. The number of hydrogen-bond acceptors (Lipinski definition) is 3. The highest BCUT2D eigenvalue weighted by Crippen LogP contribution is 2.28. The van der Waals surface area contributed by atoms with Crippen LogP contribution in [0.2, 0.25) is 5.02 Å². The third kappa shape index (κ3) is 2.38.